The summed E-state index contributed by atoms with van der Waals surface area (Å²) in [6.45, 7) is 2.24. The number of hydrogen-bond donors (Lipinski definition) is 2. The summed E-state index contributed by atoms with van der Waals surface area (Å²) < 4.78 is 21.2. The highest BCUT2D eigenvalue weighted by atomic mass is 32.1. The number of aryl methyl sites for hydroxylation is 1. The Hall–Kier alpha value is -3.49. The van der Waals surface area contributed by atoms with E-state index in [1.807, 2.05) is 43.1 Å². The SMILES string of the molecule is CNC1CCC(N(Cc2cc(-c3ccc(N)nc3)ccc2OC)C(=O)c2sc3cccc(F)c3c2C)CC1. The van der Waals surface area contributed by atoms with E-state index in [9.17, 15) is 9.18 Å². The topological polar surface area (TPSA) is 80.5 Å². The van der Waals surface area contributed by atoms with E-state index < -0.39 is 0 Å². The standard InChI is InChI=1S/C30H33FN4O2S/c1-18-28-24(31)5-4-6-26(28)38-29(18)30(36)35(23-11-9-22(33-2)10-12-23)17-21-15-19(7-13-25(21)37-3)20-8-14-27(32)34-16-20/h4-8,13-16,22-23,33H,9-12,17H2,1-3H3,(H2,32,34). The molecule has 1 fully saturated rings. The molecule has 0 aliphatic heterocycles. The van der Waals surface area contributed by atoms with Crippen LogP contribution >= 0.6 is 11.3 Å². The molecular weight excluding hydrogens is 499 g/mol. The molecule has 2 aromatic heterocycles. The number of carbonyl (C=O) groups excluding carboxylic acids is 1. The number of nitrogens with zero attached hydrogens (tertiary/aromatic N) is 2. The first-order valence-electron chi connectivity index (χ1n) is 12.9. The molecule has 0 radical (unpaired) electrons. The van der Waals surface area contributed by atoms with Gasteiger partial charge in [0, 0.05) is 46.0 Å². The molecule has 0 atom stereocenters. The molecule has 8 heteroatoms. The second kappa shape index (κ2) is 11.1. The number of ether oxygens (including phenoxy) is 1. The zero-order valence-electron chi connectivity index (χ0n) is 22.0. The summed E-state index contributed by atoms with van der Waals surface area (Å²) in [6, 6.07) is 15.2. The average Bonchev–Trinajstić information content (AvgIpc) is 3.29. The van der Waals surface area contributed by atoms with Gasteiger partial charge in [0.15, 0.2) is 0 Å². The number of benzene rings is 2. The van der Waals surface area contributed by atoms with E-state index in [1.54, 1.807) is 25.4 Å². The molecule has 5 rings (SSSR count). The zero-order valence-corrected chi connectivity index (χ0v) is 22.8. The maximum absolute atomic E-state index is 14.7. The Balaban J connectivity index is 1.54. The van der Waals surface area contributed by atoms with E-state index in [-0.39, 0.29) is 17.8 Å². The van der Waals surface area contributed by atoms with Gasteiger partial charge in [-0.3, -0.25) is 4.79 Å². The van der Waals surface area contributed by atoms with Crippen molar-refractivity contribution >= 4 is 33.1 Å². The second-order valence-electron chi connectivity index (χ2n) is 9.89. The summed E-state index contributed by atoms with van der Waals surface area (Å²) >= 11 is 1.37. The lowest BCUT2D eigenvalue weighted by molar-refractivity contribution is 0.0604. The predicted molar refractivity (Wildman–Crippen MR) is 152 cm³/mol. The maximum Gasteiger partial charge on any atom is 0.264 e. The van der Waals surface area contributed by atoms with E-state index >= 15 is 0 Å². The van der Waals surface area contributed by atoms with Crippen LogP contribution in [0.5, 0.6) is 5.75 Å². The van der Waals surface area contributed by atoms with Crippen LogP contribution in [0.4, 0.5) is 10.2 Å². The Morgan fingerprint density at radius 1 is 1.16 bits per heavy atom. The summed E-state index contributed by atoms with van der Waals surface area (Å²) in [7, 11) is 3.64. The smallest absolute Gasteiger partial charge is 0.264 e. The lowest BCUT2D eigenvalue weighted by atomic mass is 9.89. The van der Waals surface area contributed by atoms with E-state index in [1.165, 1.54) is 17.4 Å². The van der Waals surface area contributed by atoms with Crippen molar-refractivity contribution in [3.63, 3.8) is 0 Å². The van der Waals surface area contributed by atoms with Crippen LogP contribution in [0.15, 0.2) is 54.7 Å². The van der Waals surface area contributed by atoms with Gasteiger partial charge in [0.1, 0.15) is 17.4 Å². The number of hydrogen-bond acceptors (Lipinski definition) is 6. The number of aromatic nitrogens is 1. The predicted octanol–water partition coefficient (Wildman–Crippen LogP) is 6.17. The Morgan fingerprint density at radius 2 is 1.92 bits per heavy atom. The molecule has 3 N–H and O–H groups in total. The van der Waals surface area contributed by atoms with E-state index in [2.05, 4.69) is 16.4 Å². The van der Waals surface area contributed by atoms with Crippen LogP contribution in [0.1, 0.15) is 46.5 Å². The molecule has 2 aromatic carbocycles. The van der Waals surface area contributed by atoms with Gasteiger partial charge in [0.2, 0.25) is 0 Å². The molecular formula is C30H33FN4O2S. The number of pyridine rings is 1. The summed E-state index contributed by atoms with van der Waals surface area (Å²) in [5.41, 5.74) is 9.31. The van der Waals surface area contributed by atoms with Crippen LogP contribution in [-0.4, -0.2) is 42.0 Å². The first-order valence-corrected chi connectivity index (χ1v) is 13.8. The number of nitrogens with one attached hydrogen (secondary N) is 1. The average molecular weight is 533 g/mol. The Morgan fingerprint density at radius 3 is 2.58 bits per heavy atom. The van der Waals surface area contributed by atoms with Gasteiger partial charge in [-0.2, -0.15) is 0 Å². The van der Waals surface area contributed by atoms with Crippen LogP contribution in [0.2, 0.25) is 0 Å². The monoisotopic (exact) mass is 532 g/mol. The molecule has 198 valence electrons. The van der Waals surface area contributed by atoms with Crippen molar-refractivity contribution in [1.29, 1.82) is 0 Å². The van der Waals surface area contributed by atoms with Crippen molar-refractivity contribution in [2.24, 2.45) is 0 Å². The normalized spacial score (nSPS) is 17.5. The Bertz CT molecular complexity index is 1440. The van der Waals surface area contributed by atoms with Gasteiger partial charge in [0.25, 0.3) is 5.91 Å². The van der Waals surface area contributed by atoms with Gasteiger partial charge < -0.3 is 20.7 Å². The number of rotatable bonds is 7. The first kappa shape index (κ1) is 26.1. The van der Waals surface area contributed by atoms with Crippen molar-refractivity contribution in [1.82, 2.24) is 15.2 Å². The zero-order chi connectivity index (χ0) is 26.8. The molecule has 38 heavy (non-hydrogen) atoms. The number of nitrogens with two attached hydrogens (primary N) is 1. The van der Waals surface area contributed by atoms with Gasteiger partial charge in [0.05, 0.1) is 12.0 Å². The van der Waals surface area contributed by atoms with Gasteiger partial charge >= 0.3 is 0 Å². The third-order valence-corrected chi connectivity index (χ3v) is 8.89. The number of thiophene rings is 1. The van der Waals surface area contributed by atoms with Gasteiger partial charge in [-0.05, 0) is 87.2 Å². The van der Waals surface area contributed by atoms with Gasteiger partial charge in [-0.1, -0.05) is 12.1 Å². The molecule has 0 bridgehead atoms. The maximum atomic E-state index is 14.7. The molecule has 0 saturated heterocycles. The number of halogens is 1. The quantitative estimate of drug-likeness (QED) is 0.297. The molecule has 1 amide bonds. The van der Waals surface area contributed by atoms with Crippen molar-refractivity contribution in [2.45, 2.75) is 51.2 Å². The highest BCUT2D eigenvalue weighted by Gasteiger charge is 2.32. The second-order valence-corrected chi connectivity index (χ2v) is 10.9. The molecule has 1 aliphatic rings. The van der Waals surface area contributed by atoms with Crippen LogP contribution in [0.3, 0.4) is 0 Å². The number of nitrogen functional groups attached to an aromatic ring is 1. The van der Waals surface area contributed by atoms with E-state index in [0.29, 0.717) is 34.2 Å². The summed E-state index contributed by atoms with van der Waals surface area (Å²) in [4.78, 5) is 21.0. The van der Waals surface area contributed by atoms with Crippen molar-refractivity contribution in [3.05, 3.63) is 76.5 Å². The van der Waals surface area contributed by atoms with Crippen LogP contribution < -0.4 is 15.8 Å². The Labute approximate surface area is 226 Å². The first-order chi connectivity index (χ1) is 18.4. The number of fused-ring (bicyclic) bond motifs is 1. The Kier molecular flexibility index (Phi) is 7.63. The lowest BCUT2D eigenvalue weighted by Gasteiger charge is -2.37. The van der Waals surface area contributed by atoms with Gasteiger partial charge in [-0.15, -0.1) is 11.3 Å². The van der Waals surface area contributed by atoms with Crippen molar-refractivity contribution in [2.75, 3.05) is 19.9 Å². The highest BCUT2D eigenvalue weighted by Crippen LogP contribution is 2.36. The molecule has 1 saturated carbocycles. The third kappa shape index (κ3) is 5.11. The molecule has 6 nitrogen and oxygen atoms in total. The fraction of sp³-hybridized carbons (Fsp3) is 0.333. The number of anilines is 1. The molecule has 1 aliphatic carbocycles. The fourth-order valence-corrected chi connectivity index (χ4v) is 6.65. The van der Waals surface area contributed by atoms with E-state index in [4.69, 9.17) is 10.5 Å². The molecule has 2 heterocycles. The summed E-state index contributed by atoms with van der Waals surface area (Å²) in [5, 5.41) is 3.91. The minimum atomic E-state index is -0.289. The van der Waals surface area contributed by atoms with Crippen LogP contribution in [0.25, 0.3) is 21.2 Å². The number of amides is 1. The summed E-state index contributed by atoms with van der Waals surface area (Å²) in [5.74, 6) is 0.838. The largest absolute Gasteiger partial charge is 0.496 e. The molecule has 4 aromatic rings. The van der Waals surface area contributed by atoms with Gasteiger partial charge in [-0.25, -0.2) is 9.37 Å². The summed E-state index contributed by atoms with van der Waals surface area (Å²) in [6.07, 6.45) is 5.55. The van der Waals surface area contributed by atoms with Crippen LogP contribution in [-0.2, 0) is 6.54 Å². The molecule has 0 unspecified atom stereocenters. The van der Waals surface area contributed by atoms with Crippen molar-refractivity contribution in [3.8, 4) is 16.9 Å². The number of carbonyl (C=O) groups is 1. The highest BCUT2D eigenvalue weighted by molar-refractivity contribution is 7.21. The van der Waals surface area contributed by atoms with E-state index in [0.717, 1.165) is 52.8 Å². The number of methoxy groups -OCH3 is 1. The third-order valence-electron chi connectivity index (χ3n) is 7.64. The van der Waals surface area contributed by atoms with Crippen molar-refractivity contribution < 1.29 is 13.9 Å². The fourth-order valence-electron chi connectivity index (χ4n) is 5.47. The molecule has 0 spiro atoms. The minimum Gasteiger partial charge on any atom is -0.496 e. The van der Waals surface area contributed by atoms with Crippen LogP contribution in [0, 0.1) is 12.7 Å². The lowest BCUT2D eigenvalue weighted by Crippen LogP contribution is -2.44. The minimum absolute atomic E-state index is 0.0578.